The Morgan fingerprint density at radius 2 is 1.79 bits per heavy atom. The van der Waals surface area contributed by atoms with Crippen molar-refractivity contribution in [1.82, 2.24) is 4.90 Å². The van der Waals surface area contributed by atoms with Crippen LogP contribution < -0.4 is 0 Å². The number of hydrogen-bond acceptors (Lipinski definition) is 3. The van der Waals surface area contributed by atoms with Gasteiger partial charge in [-0.2, -0.15) is 0 Å². The summed E-state index contributed by atoms with van der Waals surface area (Å²) in [6, 6.07) is 14.3. The molecule has 1 amide bonds. The molecule has 5 heteroatoms. The van der Waals surface area contributed by atoms with Crippen molar-refractivity contribution in [3.05, 3.63) is 69.2 Å². The lowest BCUT2D eigenvalue weighted by atomic mass is 9.81. The number of carbonyl (C=O) groups is 1. The van der Waals surface area contributed by atoms with Gasteiger partial charge in [-0.05, 0) is 55.2 Å². The van der Waals surface area contributed by atoms with Gasteiger partial charge in [-0.3, -0.25) is 0 Å². The van der Waals surface area contributed by atoms with Crippen molar-refractivity contribution in [3.8, 4) is 0 Å². The Hall–Kier alpha value is -1.85. The average Bonchev–Trinajstić information content (AvgIpc) is 3.37. The smallest absolute Gasteiger partial charge is 0.410 e. The summed E-state index contributed by atoms with van der Waals surface area (Å²) in [7, 11) is 0. The van der Waals surface area contributed by atoms with Crippen LogP contribution in [0.5, 0.6) is 0 Å². The molecular formula is C23H26BrNO3. The third-order valence-corrected chi connectivity index (χ3v) is 6.39. The van der Waals surface area contributed by atoms with Crippen LogP contribution in [-0.2, 0) is 21.6 Å². The van der Waals surface area contributed by atoms with E-state index in [9.17, 15) is 4.79 Å². The third kappa shape index (κ3) is 3.83. The van der Waals surface area contributed by atoms with Gasteiger partial charge in [0.2, 0.25) is 0 Å². The van der Waals surface area contributed by atoms with Gasteiger partial charge in [0.05, 0.1) is 12.2 Å². The van der Waals surface area contributed by atoms with E-state index in [0.29, 0.717) is 19.5 Å². The Kier molecular flexibility index (Phi) is 5.00. The molecule has 2 aromatic carbocycles. The minimum absolute atomic E-state index is 0.197. The highest BCUT2D eigenvalue weighted by molar-refractivity contribution is 9.10. The number of nitrogens with zero attached hydrogens (tertiary/aromatic N) is 1. The number of carbonyl (C=O) groups excluding carboxylic acids is 1. The first-order valence-corrected chi connectivity index (χ1v) is 10.5. The molecule has 0 bridgehead atoms. The number of cyclic esters (lactones) is 1. The van der Waals surface area contributed by atoms with E-state index in [4.69, 9.17) is 9.47 Å². The first-order valence-electron chi connectivity index (χ1n) is 9.73. The fourth-order valence-corrected chi connectivity index (χ4v) is 4.90. The number of halogens is 1. The zero-order valence-corrected chi connectivity index (χ0v) is 18.2. The molecule has 0 aromatic heterocycles. The van der Waals surface area contributed by atoms with Crippen LogP contribution in [0, 0.1) is 13.8 Å². The Balaban J connectivity index is 1.57. The summed E-state index contributed by atoms with van der Waals surface area (Å²) in [6.45, 7) is 8.22. The van der Waals surface area contributed by atoms with Crippen molar-refractivity contribution >= 4 is 22.0 Å². The van der Waals surface area contributed by atoms with Gasteiger partial charge in [-0.1, -0.05) is 46.3 Å². The van der Waals surface area contributed by atoms with Crippen molar-refractivity contribution in [2.24, 2.45) is 0 Å². The van der Waals surface area contributed by atoms with Gasteiger partial charge >= 0.3 is 6.09 Å². The molecule has 2 aliphatic rings. The van der Waals surface area contributed by atoms with Crippen molar-refractivity contribution in [2.45, 2.75) is 51.4 Å². The van der Waals surface area contributed by atoms with E-state index in [1.807, 2.05) is 23.1 Å². The van der Waals surface area contributed by atoms with Crippen molar-refractivity contribution < 1.29 is 14.3 Å². The molecule has 0 aliphatic carbocycles. The highest BCUT2D eigenvalue weighted by atomic mass is 79.9. The van der Waals surface area contributed by atoms with Gasteiger partial charge < -0.3 is 14.4 Å². The van der Waals surface area contributed by atoms with Gasteiger partial charge in [-0.25, -0.2) is 4.79 Å². The molecule has 4 rings (SSSR count). The van der Waals surface area contributed by atoms with Crippen LogP contribution in [0.2, 0.25) is 0 Å². The van der Waals surface area contributed by atoms with Crippen LogP contribution in [0.3, 0.4) is 0 Å². The molecule has 2 aliphatic heterocycles. The fraction of sp³-hybridized carbons (Fsp3) is 0.435. The van der Waals surface area contributed by atoms with Crippen LogP contribution in [-0.4, -0.2) is 29.7 Å². The largest absolute Gasteiger partial charge is 0.438 e. The third-order valence-electron chi connectivity index (χ3n) is 5.93. The molecule has 0 N–H and O–H groups in total. The SMILES string of the molecule is Cc1cc(Br)cc(C)c1CN1CCC(CC2(C)CO2)(c2ccccc2)OC1=O. The van der Waals surface area contributed by atoms with Gasteiger partial charge in [-0.15, -0.1) is 0 Å². The molecule has 2 fully saturated rings. The number of amides is 1. The lowest BCUT2D eigenvalue weighted by molar-refractivity contribution is -0.0700. The Bertz CT molecular complexity index is 871. The van der Waals surface area contributed by atoms with E-state index >= 15 is 0 Å². The summed E-state index contributed by atoms with van der Waals surface area (Å²) in [5, 5.41) is 0. The number of ether oxygens (including phenoxy) is 2. The molecule has 148 valence electrons. The summed E-state index contributed by atoms with van der Waals surface area (Å²) in [5.41, 5.74) is 3.78. The van der Waals surface area contributed by atoms with Crippen molar-refractivity contribution in [2.75, 3.05) is 13.2 Å². The molecule has 2 atom stereocenters. The summed E-state index contributed by atoms with van der Waals surface area (Å²) >= 11 is 3.54. The van der Waals surface area contributed by atoms with Crippen LogP contribution >= 0.6 is 15.9 Å². The molecule has 2 aromatic rings. The number of epoxide rings is 1. The van der Waals surface area contributed by atoms with Gasteiger partial charge in [0.1, 0.15) is 5.60 Å². The molecule has 4 nitrogen and oxygen atoms in total. The minimum atomic E-state index is -0.621. The van der Waals surface area contributed by atoms with E-state index in [0.717, 1.165) is 23.1 Å². The minimum Gasteiger partial charge on any atom is -0.438 e. The van der Waals surface area contributed by atoms with Crippen LogP contribution in [0.25, 0.3) is 0 Å². The normalized spacial score (nSPS) is 26.9. The topological polar surface area (TPSA) is 42.1 Å². The Morgan fingerprint density at radius 1 is 1.14 bits per heavy atom. The van der Waals surface area contributed by atoms with Crippen LogP contribution in [0.1, 0.15) is 42.0 Å². The monoisotopic (exact) mass is 443 g/mol. The number of hydrogen-bond donors (Lipinski definition) is 0. The van der Waals surface area contributed by atoms with E-state index < -0.39 is 5.60 Å². The maximum atomic E-state index is 13.0. The van der Waals surface area contributed by atoms with Gasteiger partial charge in [0, 0.05) is 30.4 Å². The van der Waals surface area contributed by atoms with Crippen molar-refractivity contribution in [1.29, 1.82) is 0 Å². The van der Waals surface area contributed by atoms with Crippen LogP contribution in [0.4, 0.5) is 4.79 Å². The van der Waals surface area contributed by atoms with E-state index in [1.165, 1.54) is 16.7 Å². The predicted octanol–water partition coefficient (Wildman–Crippen LogP) is 5.48. The lowest BCUT2D eigenvalue weighted by Crippen LogP contribution is -2.49. The molecule has 0 radical (unpaired) electrons. The zero-order chi connectivity index (χ0) is 19.9. The summed E-state index contributed by atoms with van der Waals surface area (Å²) in [5.74, 6) is 0. The zero-order valence-electron chi connectivity index (χ0n) is 16.6. The molecule has 2 unspecified atom stereocenters. The first-order chi connectivity index (χ1) is 13.3. The highest BCUT2D eigenvalue weighted by Crippen LogP contribution is 2.46. The predicted molar refractivity (Wildman–Crippen MR) is 112 cm³/mol. The summed E-state index contributed by atoms with van der Waals surface area (Å²) < 4.78 is 12.9. The lowest BCUT2D eigenvalue weighted by Gasteiger charge is -2.42. The second kappa shape index (κ2) is 7.20. The standard InChI is InChI=1S/C23H26BrNO3/c1-16-11-19(24)12-17(2)20(16)13-25-10-9-23(28-21(25)26,14-22(3)15-27-22)18-7-5-4-6-8-18/h4-8,11-12H,9-10,13-15H2,1-3H3. The maximum absolute atomic E-state index is 13.0. The van der Waals surface area contributed by atoms with E-state index in [2.05, 4.69) is 61.0 Å². The Morgan fingerprint density at radius 3 is 2.36 bits per heavy atom. The highest BCUT2D eigenvalue weighted by Gasteiger charge is 2.52. The summed E-state index contributed by atoms with van der Waals surface area (Å²) in [4.78, 5) is 14.9. The summed E-state index contributed by atoms with van der Waals surface area (Å²) in [6.07, 6.45) is 1.21. The van der Waals surface area contributed by atoms with Gasteiger partial charge in [0.25, 0.3) is 0 Å². The number of benzene rings is 2. The van der Waals surface area contributed by atoms with E-state index in [-0.39, 0.29) is 11.7 Å². The maximum Gasteiger partial charge on any atom is 0.410 e. The second-order valence-electron chi connectivity index (χ2n) is 8.33. The molecule has 2 saturated heterocycles. The first kappa shape index (κ1) is 19.5. The van der Waals surface area contributed by atoms with Crippen LogP contribution in [0.15, 0.2) is 46.9 Å². The van der Waals surface area contributed by atoms with E-state index in [1.54, 1.807) is 0 Å². The molecule has 0 saturated carbocycles. The molecule has 0 spiro atoms. The Labute approximate surface area is 175 Å². The molecule has 28 heavy (non-hydrogen) atoms. The fourth-order valence-electron chi connectivity index (χ4n) is 4.22. The number of aryl methyl sites for hydroxylation is 2. The van der Waals surface area contributed by atoms with Gasteiger partial charge in [0.15, 0.2) is 0 Å². The average molecular weight is 444 g/mol. The second-order valence-corrected chi connectivity index (χ2v) is 9.25. The molecule has 2 heterocycles. The number of rotatable bonds is 5. The molecular weight excluding hydrogens is 418 g/mol. The quantitative estimate of drug-likeness (QED) is 0.574. The van der Waals surface area contributed by atoms with Crippen molar-refractivity contribution in [3.63, 3.8) is 0 Å².